The van der Waals surface area contributed by atoms with Crippen LogP contribution < -0.4 is 10.2 Å². The van der Waals surface area contributed by atoms with Gasteiger partial charge in [0.25, 0.3) is 11.8 Å². The predicted molar refractivity (Wildman–Crippen MR) is 161 cm³/mol. The molecular weight excluding hydrogens is 551 g/mol. The lowest BCUT2D eigenvalue weighted by molar-refractivity contribution is -0.137. The summed E-state index contributed by atoms with van der Waals surface area (Å²) in [7, 11) is 1.75. The molecule has 2 amide bonds. The van der Waals surface area contributed by atoms with Crippen LogP contribution in [0.2, 0.25) is 0 Å². The Labute approximate surface area is 247 Å². The zero-order valence-electron chi connectivity index (χ0n) is 23.6. The van der Waals surface area contributed by atoms with Crippen LogP contribution >= 0.6 is 0 Å². The Morgan fingerprint density at radius 1 is 0.860 bits per heavy atom. The summed E-state index contributed by atoms with van der Waals surface area (Å²) in [6.45, 7) is 2.69. The van der Waals surface area contributed by atoms with Crippen molar-refractivity contribution in [3.63, 3.8) is 0 Å². The maximum Gasteiger partial charge on any atom is 0.416 e. The SMILES string of the molecule is Cc1ccc(-c2ccc(CNC(=O)c3cc(N4Cc5cccc(-c6ccc(C(F)(F)F)cc6)c5C4=O)cn3C)cc2)cc1. The van der Waals surface area contributed by atoms with Gasteiger partial charge < -0.3 is 14.8 Å². The zero-order chi connectivity index (χ0) is 30.3. The van der Waals surface area contributed by atoms with Crippen molar-refractivity contribution in [3.05, 3.63) is 137 Å². The van der Waals surface area contributed by atoms with Gasteiger partial charge in [-0.3, -0.25) is 9.59 Å². The van der Waals surface area contributed by atoms with Crippen LogP contribution in [0.3, 0.4) is 0 Å². The molecule has 2 heterocycles. The number of amides is 2. The molecule has 1 aliphatic heterocycles. The second-order valence-electron chi connectivity index (χ2n) is 10.7. The van der Waals surface area contributed by atoms with E-state index in [4.69, 9.17) is 0 Å². The second kappa shape index (κ2) is 10.9. The summed E-state index contributed by atoms with van der Waals surface area (Å²) in [5.74, 6) is -0.539. The van der Waals surface area contributed by atoms with Gasteiger partial charge in [0.1, 0.15) is 5.69 Å². The highest BCUT2D eigenvalue weighted by Crippen LogP contribution is 2.37. The lowest BCUT2D eigenvalue weighted by Gasteiger charge is -2.14. The number of halogens is 3. The summed E-state index contributed by atoms with van der Waals surface area (Å²) in [6.07, 6.45) is -2.71. The molecule has 216 valence electrons. The van der Waals surface area contributed by atoms with Crippen LogP contribution in [0.1, 0.15) is 43.1 Å². The number of nitrogens with one attached hydrogen (secondary N) is 1. The Kier molecular flexibility index (Phi) is 7.13. The third-order valence-corrected chi connectivity index (χ3v) is 7.79. The van der Waals surface area contributed by atoms with Gasteiger partial charge in [0.2, 0.25) is 0 Å². The number of carbonyl (C=O) groups excluding carboxylic acids is 2. The molecule has 43 heavy (non-hydrogen) atoms. The lowest BCUT2D eigenvalue weighted by Crippen LogP contribution is -2.25. The van der Waals surface area contributed by atoms with E-state index in [9.17, 15) is 22.8 Å². The predicted octanol–water partition coefficient (Wildman–Crippen LogP) is 7.78. The molecule has 4 aromatic carbocycles. The highest BCUT2D eigenvalue weighted by molar-refractivity contribution is 6.14. The van der Waals surface area contributed by atoms with E-state index in [0.29, 0.717) is 41.2 Å². The Morgan fingerprint density at radius 2 is 1.49 bits per heavy atom. The number of aromatic nitrogens is 1. The molecule has 5 aromatic rings. The first-order valence-corrected chi connectivity index (χ1v) is 13.8. The van der Waals surface area contributed by atoms with E-state index < -0.39 is 11.7 Å². The Hall–Kier alpha value is -5.11. The van der Waals surface area contributed by atoms with Gasteiger partial charge in [-0.1, -0.05) is 84.4 Å². The van der Waals surface area contributed by atoms with Crippen LogP contribution in [0.15, 0.2) is 103 Å². The molecule has 0 aliphatic carbocycles. The van der Waals surface area contributed by atoms with Gasteiger partial charge in [-0.15, -0.1) is 0 Å². The van der Waals surface area contributed by atoms with Crippen molar-refractivity contribution in [2.45, 2.75) is 26.2 Å². The second-order valence-corrected chi connectivity index (χ2v) is 10.7. The van der Waals surface area contributed by atoms with Crippen LogP contribution in [0.25, 0.3) is 22.3 Å². The third-order valence-electron chi connectivity index (χ3n) is 7.79. The standard InChI is InChI=1S/C35H28F3N3O2/c1-22-6-10-24(11-7-22)25-12-8-23(9-13-25)19-39-33(42)31-18-29(21-40(31)2)41-20-27-4-3-5-30(32(27)34(41)43)26-14-16-28(17-15-26)35(36,37)38/h3-18,21H,19-20H2,1-2H3,(H,39,42). The van der Waals surface area contributed by atoms with E-state index in [1.165, 1.54) is 17.7 Å². The summed E-state index contributed by atoms with van der Waals surface area (Å²) in [6, 6.07) is 28.2. The third kappa shape index (κ3) is 5.56. The van der Waals surface area contributed by atoms with Crippen molar-refractivity contribution in [2.75, 3.05) is 4.90 Å². The maximum absolute atomic E-state index is 13.6. The molecule has 5 nitrogen and oxygen atoms in total. The van der Waals surface area contributed by atoms with Crippen LogP contribution in [0, 0.1) is 6.92 Å². The van der Waals surface area contributed by atoms with Gasteiger partial charge in [-0.05, 0) is 58.5 Å². The van der Waals surface area contributed by atoms with E-state index in [-0.39, 0.29) is 11.8 Å². The van der Waals surface area contributed by atoms with Gasteiger partial charge in [0.05, 0.1) is 23.4 Å². The Balaban J connectivity index is 1.16. The van der Waals surface area contributed by atoms with E-state index >= 15 is 0 Å². The Bertz CT molecular complexity index is 1820. The molecule has 0 atom stereocenters. The van der Waals surface area contributed by atoms with Crippen molar-refractivity contribution >= 4 is 17.5 Å². The summed E-state index contributed by atoms with van der Waals surface area (Å²) in [5, 5.41) is 2.96. The molecule has 0 bridgehead atoms. The maximum atomic E-state index is 13.6. The monoisotopic (exact) mass is 579 g/mol. The zero-order valence-corrected chi connectivity index (χ0v) is 23.6. The van der Waals surface area contributed by atoms with Crippen molar-refractivity contribution in [2.24, 2.45) is 7.05 Å². The molecule has 0 radical (unpaired) electrons. The molecule has 0 spiro atoms. The van der Waals surface area contributed by atoms with Gasteiger partial charge in [-0.25, -0.2) is 0 Å². The number of hydrogen-bond donors (Lipinski definition) is 1. The van der Waals surface area contributed by atoms with Crippen LogP contribution in [0.4, 0.5) is 18.9 Å². The van der Waals surface area contributed by atoms with Gasteiger partial charge in [0, 0.05) is 19.8 Å². The van der Waals surface area contributed by atoms with Crippen LogP contribution in [-0.4, -0.2) is 16.4 Å². The molecule has 1 aliphatic rings. The number of fused-ring (bicyclic) bond motifs is 1. The summed E-state index contributed by atoms with van der Waals surface area (Å²) in [5.41, 5.74) is 6.92. The lowest BCUT2D eigenvalue weighted by atomic mass is 9.96. The summed E-state index contributed by atoms with van der Waals surface area (Å²) in [4.78, 5) is 28.3. The first-order chi connectivity index (χ1) is 20.6. The van der Waals surface area contributed by atoms with E-state index in [2.05, 4.69) is 36.5 Å². The van der Waals surface area contributed by atoms with Gasteiger partial charge in [0.15, 0.2) is 0 Å². The average Bonchev–Trinajstić information content (AvgIpc) is 3.55. The molecule has 6 rings (SSSR count). The molecule has 0 saturated carbocycles. The molecule has 8 heteroatoms. The van der Waals surface area contributed by atoms with Crippen molar-refractivity contribution in [3.8, 4) is 22.3 Å². The first-order valence-electron chi connectivity index (χ1n) is 13.8. The van der Waals surface area contributed by atoms with E-state index in [1.807, 2.05) is 30.3 Å². The summed E-state index contributed by atoms with van der Waals surface area (Å²) >= 11 is 0. The number of anilines is 1. The molecule has 1 N–H and O–H groups in total. The molecule has 0 saturated heterocycles. The topological polar surface area (TPSA) is 54.3 Å². The highest BCUT2D eigenvalue weighted by Gasteiger charge is 2.33. The van der Waals surface area contributed by atoms with Crippen LogP contribution in [0.5, 0.6) is 0 Å². The average molecular weight is 580 g/mol. The van der Waals surface area contributed by atoms with Crippen LogP contribution in [-0.2, 0) is 26.3 Å². The van der Waals surface area contributed by atoms with Gasteiger partial charge in [-0.2, -0.15) is 13.2 Å². The van der Waals surface area contributed by atoms with Gasteiger partial charge >= 0.3 is 6.18 Å². The number of aryl methyl sites for hydroxylation is 2. The number of carbonyl (C=O) groups is 2. The normalized spacial score (nSPS) is 12.9. The minimum absolute atomic E-state index is 0.267. The number of alkyl halides is 3. The summed E-state index contributed by atoms with van der Waals surface area (Å²) < 4.78 is 40.9. The quantitative estimate of drug-likeness (QED) is 0.223. The fraction of sp³-hybridized carbons (Fsp3) is 0.143. The fourth-order valence-corrected chi connectivity index (χ4v) is 5.40. The largest absolute Gasteiger partial charge is 0.416 e. The fourth-order valence-electron chi connectivity index (χ4n) is 5.40. The number of benzene rings is 4. The van der Waals surface area contributed by atoms with E-state index in [0.717, 1.165) is 34.4 Å². The number of nitrogens with zero attached hydrogens (tertiary/aromatic N) is 2. The number of hydrogen-bond acceptors (Lipinski definition) is 2. The number of rotatable bonds is 6. The van der Waals surface area contributed by atoms with Crippen molar-refractivity contribution < 1.29 is 22.8 Å². The molecular formula is C35H28F3N3O2. The Morgan fingerprint density at radius 3 is 2.14 bits per heavy atom. The van der Waals surface area contributed by atoms with Crippen molar-refractivity contribution in [1.82, 2.24) is 9.88 Å². The minimum Gasteiger partial charge on any atom is -0.347 e. The highest BCUT2D eigenvalue weighted by atomic mass is 19.4. The first kappa shape index (κ1) is 28.0. The van der Waals surface area contributed by atoms with Crippen molar-refractivity contribution in [1.29, 1.82) is 0 Å². The van der Waals surface area contributed by atoms with E-state index in [1.54, 1.807) is 40.9 Å². The molecule has 0 unspecified atom stereocenters. The molecule has 0 fully saturated rings. The smallest absolute Gasteiger partial charge is 0.347 e. The molecule has 1 aromatic heterocycles. The minimum atomic E-state index is -4.44.